The van der Waals surface area contributed by atoms with Gasteiger partial charge >= 0.3 is 0 Å². The number of nitrogens with one attached hydrogen (secondary N) is 3. The Hall–Kier alpha value is -3.42. The number of benzene rings is 1. The number of anilines is 1. The molecule has 22 heavy (non-hydrogen) atoms. The van der Waals surface area contributed by atoms with Crippen LogP contribution in [0.25, 0.3) is 11.4 Å². The maximum absolute atomic E-state index is 12.2. The number of aromatic amines is 2. The summed E-state index contributed by atoms with van der Waals surface area (Å²) in [5, 5.41) is 8.89. The first-order valence-electron chi connectivity index (χ1n) is 6.40. The number of hydrogen-bond acceptors (Lipinski definition) is 4. The molecule has 8 heteroatoms. The number of imidazole rings is 1. The highest BCUT2D eigenvalue weighted by Crippen LogP contribution is 2.25. The van der Waals surface area contributed by atoms with Gasteiger partial charge in [0.15, 0.2) is 5.69 Å². The van der Waals surface area contributed by atoms with Crippen molar-refractivity contribution in [2.24, 2.45) is 5.73 Å². The summed E-state index contributed by atoms with van der Waals surface area (Å²) in [5.74, 6) is -0.497. The zero-order chi connectivity index (χ0) is 15.5. The van der Waals surface area contributed by atoms with Crippen LogP contribution in [0.15, 0.2) is 42.7 Å². The lowest BCUT2D eigenvalue weighted by Gasteiger charge is -2.08. The molecular weight excluding hydrogens is 284 g/mol. The number of nitrogens with two attached hydrogens (primary N) is 1. The number of amides is 2. The topological polar surface area (TPSA) is 130 Å². The molecule has 0 saturated heterocycles. The number of rotatable bonds is 4. The standard InChI is InChI=1S/C14H12N6O2/c15-12(21)10-7-11(20-19-10)14(22)18-9-4-2-1-3-8(9)13-16-5-6-17-13/h1-7H,(H2,15,21)(H,16,17)(H,18,22)(H,19,20). The number of aromatic nitrogens is 4. The van der Waals surface area contributed by atoms with Gasteiger partial charge in [0.25, 0.3) is 11.8 Å². The van der Waals surface area contributed by atoms with Crippen LogP contribution in [-0.2, 0) is 0 Å². The van der Waals surface area contributed by atoms with Crippen LogP contribution in [0, 0.1) is 0 Å². The molecule has 5 N–H and O–H groups in total. The second-order valence-corrected chi connectivity index (χ2v) is 4.47. The van der Waals surface area contributed by atoms with Crippen LogP contribution >= 0.6 is 0 Å². The minimum Gasteiger partial charge on any atom is -0.364 e. The first-order valence-corrected chi connectivity index (χ1v) is 6.40. The third-order valence-electron chi connectivity index (χ3n) is 3.00. The lowest BCUT2D eigenvalue weighted by Crippen LogP contribution is -2.13. The van der Waals surface area contributed by atoms with Crippen molar-refractivity contribution in [3.63, 3.8) is 0 Å². The van der Waals surface area contributed by atoms with Crippen molar-refractivity contribution >= 4 is 17.5 Å². The number of hydrogen-bond donors (Lipinski definition) is 4. The van der Waals surface area contributed by atoms with Gasteiger partial charge in [-0.2, -0.15) is 5.10 Å². The number of para-hydroxylation sites is 1. The van der Waals surface area contributed by atoms with E-state index in [1.807, 2.05) is 12.1 Å². The molecule has 3 aromatic rings. The maximum Gasteiger partial charge on any atom is 0.273 e. The van der Waals surface area contributed by atoms with E-state index in [4.69, 9.17) is 5.73 Å². The number of nitrogens with zero attached hydrogens (tertiary/aromatic N) is 2. The third-order valence-corrected chi connectivity index (χ3v) is 3.00. The van der Waals surface area contributed by atoms with E-state index < -0.39 is 11.8 Å². The van der Waals surface area contributed by atoms with Gasteiger partial charge in [0.2, 0.25) is 0 Å². The van der Waals surface area contributed by atoms with Crippen LogP contribution in [-0.4, -0.2) is 32.0 Å². The minimum atomic E-state index is -0.703. The van der Waals surface area contributed by atoms with E-state index in [1.54, 1.807) is 24.5 Å². The molecule has 2 amide bonds. The van der Waals surface area contributed by atoms with Crippen molar-refractivity contribution < 1.29 is 9.59 Å². The summed E-state index contributed by atoms with van der Waals surface area (Å²) in [6, 6.07) is 8.52. The summed E-state index contributed by atoms with van der Waals surface area (Å²) in [6.45, 7) is 0. The average molecular weight is 296 g/mol. The van der Waals surface area contributed by atoms with Gasteiger partial charge in [-0.05, 0) is 12.1 Å². The highest BCUT2D eigenvalue weighted by atomic mass is 16.2. The van der Waals surface area contributed by atoms with Gasteiger partial charge in [-0.1, -0.05) is 12.1 Å². The molecule has 0 spiro atoms. The molecule has 0 aliphatic carbocycles. The van der Waals surface area contributed by atoms with Crippen molar-refractivity contribution in [2.75, 3.05) is 5.32 Å². The molecular formula is C14H12N6O2. The lowest BCUT2D eigenvalue weighted by molar-refractivity contribution is 0.0994. The fourth-order valence-corrected chi connectivity index (χ4v) is 1.97. The van der Waals surface area contributed by atoms with E-state index in [2.05, 4.69) is 25.5 Å². The molecule has 0 unspecified atom stereocenters. The molecule has 2 aromatic heterocycles. The number of carbonyl (C=O) groups excluding carboxylic acids is 2. The van der Waals surface area contributed by atoms with Crippen molar-refractivity contribution in [3.8, 4) is 11.4 Å². The first kappa shape index (κ1) is 13.6. The smallest absolute Gasteiger partial charge is 0.273 e. The number of primary amides is 1. The third kappa shape index (κ3) is 2.57. The molecule has 0 radical (unpaired) electrons. The second kappa shape index (κ2) is 5.52. The summed E-state index contributed by atoms with van der Waals surface area (Å²) < 4.78 is 0. The molecule has 110 valence electrons. The van der Waals surface area contributed by atoms with Gasteiger partial charge in [-0.3, -0.25) is 14.7 Å². The fraction of sp³-hybridized carbons (Fsp3) is 0. The quantitative estimate of drug-likeness (QED) is 0.575. The fourth-order valence-electron chi connectivity index (χ4n) is 1.97. The van der Waals surface area contributed by atoms with Crippen molar-refractivity contribution in [3.05, 3.63) is 54.1 Å². The molecule has 0 aliphatic heterocycles. The van der Waals surface area contributed by atoms with Gasteiger partial charge in [-0.25, -0.2) is 4.98 Å². The van der Waals surface area contributed by atoms with E-state index >= 15 is 0 Å². The Morgan fingerprint density at radius 1 is 1.23 bits per heavy atom. The average Bonchev–Trinajstić information content (AvgIpc) is 3.19. The lowest BCUT2D eigenvalue weighted by atomic mass is 10.1. The van der Waals surface area contributed by atoms with Crippen LogP contribution in [0.4, 0.5) is 5.69 Å². The summed E-state index contributed by atoms with van der Waals surface area (Å²) in [4.78, 5) is 30.4. The van der Waals surface area contributed by atoms with Crippen LogP contribution in [0.2, 0.25) is 0 Å². The Balaban J connectivity index is 1.87. The van der Waals surface area contributed by atoms with Gasteiger partial charge in [0.05, 0.1) is 5.69 Å². The molecule has 0 saturated carbocycles. The van der Waals surface area contributed by atoms with E-state index in [9.17, 15) is 9.59 Å². The van der Waals surface area contributed by atoms with E-state index in [0.29, 0.717) is 11.5 Å². The summed E-state index contributed by atoms with van der Waals surface area (Å²) >= 11 is 0. The molecule has 3 rings (SSSR count). The molecule has 0 bridgehead atoms. The largest absolute Gasteiger partial charge is 0.364 e. The van der Waals surface area contributed by atoms with Gasteiger partial charge < -0.3 is 16.0 Å². The Kier molecular flexibility index (Phi) is 3.40. The zero-order valence-electron chi connectivity index (χ0n) is 11.3. The van der Waals surface area contributed by atoms with Crippen molar-refractivity contribution in [2.45, 2.75) is 0 Å². The zero-order valence-corrected chi connectivity index (χ0v) is 11.3. The van der Waals surface area contributed by atoms with Gasteiger partial charge in [0.1, 0.15) is 11.5 Å². The Bertz CT molecular complexity index is 821. The van der Waals surface area contributed by atoms with Crippen LogP contribution in [0.1, 0.15) is 21.0 Å². The summed E-state index contributed by atoms with van der Waals surface area (Å²) in [5.41, 5.74) is 6.58. The van der Waals surface area contributed by atoms with Gasteiger partial charge in [0, 0.05) is 24.0 Å². The molecule has 0 aliphatic rings. The summed E-state index contributed by atoms with van der Waals surface area (Å²) in [6.07, 6.45) is 3.32. The van der Waals surface area contributed by atoms with E-state index in [0.717, 1.165) is 5.56 Å². The second-order valence-electron chi connectivity index (χ2n) is 4.47. The molecule has 2 heterocycles. The maximum atomic E-state index is 12.2. The Morgan fingerprint density at radius 2 is 2.05 bits per heavy atom. The monoisotopic (exact) mass is 296 g/mol. The van der Waals surface area contributed by atoms with Crippen molar-refractivity contribution in [1.82, 2.24) is 20.2 Å². The van der Waals surface area contributed by atoms with Crippen LogP contribution in [0.3, 0.4) is 0 Å². The van der Waals surface area contributed by atoms with Crippen LogP contribution in [0.5, 0.6) is 0 Å². The highest BCUT2D eigenvalue weighted by Gasteiger charge is 2.15. The number of H-pyrrole nitrogens is 2. The van der Waals surface area contributed by atoms with Gasteiger partial charge in [-0.15, -0.1) is 0 Å². The van der Waals surface area contributed by atoms with E-state index in [-0.39, 0.29) is 11.4 Å². The van der Waals surface area contributed by atoms with Crippen molar-refractivity contribution in [1.29, 1.82) is 0 Å². The molecule has 8 nitrogen and oxygen atoms in total. The minimum absolute atomic E-state index is 0.00414. The normalized spacial score (nSPS) is 10.4. The molecule has 1 aromatic carbocycles. The predicted molar refractivity (Wildman–Crippen MR) is 79.1 cm³/mol. The Labute approximate surface area is 124 Å². The SMILES string of the molecule is NC(=O)c1cc(C(=O)Nc2ccccc2-c2ncc[nH]2)[nH]n1. The van der Waals surface area contributed by atoms with Crippen LogP contribution < -0.4 is 11.1 Å². The highest BCUT2D eigenvalue weighted by molar-refractivity contribution is 6.06. The predicted octanol–water partition coefficient (Wildman–Crippen LogP) is 1.15. The first-order chi connectivity index (χ1) is 10.6. The van der Waals surface area contributed by atoms with E-state index in [1.165, 1.54) is 6.07 Å². The molecule has 0 fully saturated rings. The summed E-state index contributed by atoms with van der Waals surface area (Å²) in [7, 11) is 0. The molecule has 0 atom stereocenters. The number of carbonyl (C=O) groups is 2. The Morgan fingerprint density at radius 3 is 2.73 bits per heavy atom.